The second-order valence-corrected chi connectivity index (χ2v) is 8.78. The van der Waals surface area contributed by atoms with E-state index in [2.05, 4.69) is 16.0 Å². The molecule has 0 amide bonds. The van der Waals surface area contributed by atoms with Crippen molar-refractivity contribution in [1.29, 1.82) is 0 Å². The number of ether oxygens (including phenoxy) is 1. The number of hydrogen-bond acceptors (Lipinski definition) is 5. The molecule has 1 aliphatic carbocycles. The fraction of sp³-hybridized carbons (Fsp3) is 0.318. The van der Waals surface area contributed by atoms with Crippen LogP contribution in [0.1, 0.15) is 43.7 Å². The second-order valence-electron chi connectivity index (χ2n) is 7.13. The number of benzene rings is 2. The van der Waals surface area contributed by atoms with Crippen LogP contribution < -0.4 is 9.46 Å². The summed E-state index contributed by atoms with van der Waals surface area (Å²) in [6, 6.07) is 10.9. The Bertz CT molecular complexity index is 1180. The van der Waals surface area contributed by atoms with Crippen molar-refractivity contribution >= 4 is 32.4 Å². The predicted molar refractivity (Wildman–Crippen MR) is 114 cm³/mol. The van der Waals surface area contributed by atoms with Crippen molar-refractivity contribution in [2.45, 2.75) is 43.9 Å². The Hall–Kier alpha value is -2.80. The summed E-state index contributed by atoms with van der Waals surface area (Å²) < 4.78 is 39.7. The summed E-state index contributed by atoms with van der Waals surface area (Å²) >= 11 is 0. The Kier molecular flexibility index (Phi) is 5.32. The number of aromatic nitrogens is 1. The number of aryl methyl sites for hydroxylation is 1. The van der Waals surface area contributed by atoms with Gasteiger partial charge in [0.05, 0.1) is 12.5 Å². The molecule has 4 rings (SSSR count). The van der Waals surface area contributed by atoms with Gasteiger partial charge in [0.1, 0.15) is 10.6 Å². The van der Waals surface area contributed by atoms with Gasteiger partial charge in [-0.15, -0.1) is 0 Å². The van der Waals surface area contributed by atoms with Gasteiger partial charge in [0.15, 0.2) is 11.4 Å². The van der Waals surface area contributed by atoms with Crippen LogP contribution in [0.25, 0.3) is 16.5 Å². The zero-order chi connectivity index (χ0) is 20.4. The van der Waals surface area contributed by atoms with Gasteiger partial charge in [-0.25, -0.2) is 8.42 Å². The van der Waals surface area contributed by atoms with Gasteiger partial charge in [0.25, 0.3) is 10.0 Å². The van der Waals surface area contributed by atoms with Gasteiger partial charge < -0.3 is 9.26 Å². The zero-order valence-electron chi connectivity index (χ0n) is 16.6. The van der Waals surface area contributed by atoms with E-state index < -0.39 is 10.0 Å². The van der Waals surface area contributed by atoms with Gasteiger partial charge in [-0.3, -0.25) is 4.72 Å². The molecule has 1 heterocycles. The average molecular weight is 413 g/mol. The normalized spacial score (nSPS) is 14.6. The summed E-state index contributed by atoms with van der Waals surface area (Å²) in [4.78, 5) is 0.0878. The van der Waals surface area contributed by atoms with E-state index in [4.69, 9.17) is 9.26 Å². The first kappa shape index (κ1) is 19.5. The van der Waals surface area contributed by atoms with Crippen LogP contribution in [-0.2, 0) is 16.4 Å². The number of anilines is 1. The molecule has 0 fully saturated rings. The first-order valence-corrected chi connectivity index (χ1v) is 11.3. The van der Waals surface area contributed by atoms with Crippen molar-refractivity contribution in [3.63, 3.8) is 0 Å². The molecule has 29 heavy (non-hydrogen) atoms. The molecule has 152 valence electrons. The lowest BCUT2D eigenvalue weighted by Gasteiger charge is -2.15. The third-order valence-corrected chi connectivity index (χ3v) is 6.65. The first-order valence-electron chi connectivity index (χ1n) is 9.81. The number of nitrogens with zero attached hydrogens (tertiary/aromatic N) is 1. The van der Waals surface area contributed by atoms with E-state index in [1.54, 1.807) is 18.2 Å². The van der Waals surface area contributed by atoms with Crippen LogP contribution >= 0.6 is 0 Å². The minimum absolute atomic E-state index is 0.0878. The van der Waals surface area contributed by atoms with E-state index >= 15 is 0 Å². The molecule has 6 nitrogen and oxygen atoms in total. The molecule has 7 heteroatoms. The maximum Gasteiger partial charge on any atom is 0.266 e. The molecule has 0 bridgehead atoms. The highest BCUT2D eigenvalue weighted by molar-refractivity contribution is 7.92. The summed E-state index contributed by atoms with van der Waals surface area (Å²) in [5.74, 6) is 0.490. The molecule has 0 spiro atoms. The third-order valence-electron chi connectivity index (χ3n) is 5.29. The highest BCUT2D eigenvalue weighted by atomic mass is 32.2. The lowest BCUT2D eigenvalue weighted by Crippen LogP contribution is -2.15. The topological polar surface area (TPSA) is 81.4 Å². The molecular weight excluding hydrogens is 388 g/mol. The summed E-state index contributed by atoms with van der Waals surface area (Å²) in [5, 5.41) is 4.72. The second kappa shape index (κ2) is 7.91. The van der Waals surface area contributed by atoms with Crippen LogP contribution in [0, 0.1) is 0 Å². The molecule has 3 aromatic rings. The average Bonchev–Trinajstić information content (AvgIpc) is 3.16. The maximum absolute atomic E-state index is 13.2. The van der Waals surface area contributed by atoms with Gasteiger partial charge in [0, 0.05) is 0 Å². The molecule has 2 aromatic carbocycles. The van der Waals surface area contributed by atoms with E-state index in [1.807, 2.05) is 25.1 Å². The Morgan fingerprint density at radius 2 is 2.07 bits per heavy atom. The van der Waals surface area contributed by atoms with Crippen molar-refractivity contribution in [3.05, 3.63) is 53.6 Å². The van der Waals surface area contributed by atoms with Crippen LogP contribution in [0.15, 0.2) is 51.9 Å². The van der Waals surface area contributed by atoms with E-state index in [0.29, 0.717) is 11.0 Å². The fourth-order valence-corrected chi connectivity index (χ4v) is 4.97. The van der Waals surface area contributed by atoms with Crippen molar-refractivity contribution < 1.29 is 17.7 Å². The zero-order valence-corrected chi connectivity index (χ0v) is 17.4. The number of rotatable bonds is 6. The number of hydrogen-bond donors (Lipinski definition) is 1. The van der Waals surface area contributed by atoms with Crippen LogP contribution in [0.3, 0.4) is 0 Å². The number of allylic oxidation sites excluding steroid dienone is 2. The maximum atomic E-state index is 13.2. The number of fused-ring (bicyclic) bond motifs is 1. The van der Waals surface area contributed by atoms with E-state index in [0.717, 1.165) is 36.8 Å². The standard InChI is InChI=1S/C22H24N2O4S/c1-3-15-12-13-18(27-2)20(14-15)29(25,26)24-22-21-17(16-8-5-4-6-9-16)10-7-11-19(21)28-23-22/h7-8,10-14H,3-6,9H2,1-2H3,(H,23,24). The van der Waals surface area contributed by atoms with E-state index in [-0.39, 0.29) is 16.5 Å². The third kappa shape index (κ3) is 3.74. The molecule has 0 unspecified atom stereocenters. The minimum atomic E-state index is -3.91. The van der Waals surface area contributed by atoms with Gasteiger partial charge in [-0.05, 0) is 67.0 Å². The van der Waals surface area contributed by atoms with E-state index in [1.165, 1.54) is 19.1 Å². The van der Waals surface area contributed by atoms with Crippen LogP contribution in [0.2, 0.25) is 0 Å². The largest absolute Gasteiger partial charge is 0.495 e. The number of nitrogens with one attached hydrogen (secondary N) is 1. The smallest absolute Gasteiger partial charge is 0.266 e. The molecule has 0 saturated carbocycles. The molecule has 1 N–H and O–H groups in total. The Balaban J connectivity index is 1.80. The van der Waals surface area contributed by atoms with E-state index in [9.17, 15) is 8.42 Å². The summed E-state index contributed by atoms with van der Waals surface area (Å²) in [7, 11) is -2.46. The predicted octanol–water partition coefficient (Wildman–Crippen LogP) is 5.16. The SMILES string of the molecule is CCc1ccc(OC)c(S(=O)(=O)Nc2noc3cccc(C4=CCCCC4)c23)c1. The number of methoxy groups -OCH3 is 1. The molecule has 0 aliphatic heterocycles. The summed E-state index contributed by atoms with van der Waals surface area (Å²) in [6.45, 7) is 1.97. The monoisotopic (exact) mass is 412 g/mol. The van der Waals surface area contributed by atoms with Crippen LogP contribution in [0.4, 0.5) is 5.82 Å². The lowest BCUT2D eigenvalue weighted by atomic mass is 9.92. The molecule has 0 saturated heterocycles. The van der Waals surface area contributed by atoms with Crippen molar-refractivity contribution in [3.8, 4) is 5.75 Å². The molecule has 0 radical (unpaired) electrons. The Labute approximate surface area is 170 Å². The Morgan fingerprint density at radius 3 is 2.79 bits per heavy atom. The Morgan fingerprint density at radius 1 is 1.21 bits per heavy atom. The minimum Gasteiger partial charge on any atom is -0.495 e. The van der Waals surface area contributed by atoms with Crippen LogP contribution in [0.5, 0.6) is 5.75 Å². The van der Waals surface area contributed by atoms with Gasteiger partial charge >= 0.3 is 0 Å². The van der Waals surface area contributed by atoms with Gasteiger partial charge in [-0.2, -0.15) is 0 Å². The van der Waals surface area contributed by atoms with Crippen molar-refractivity contribution in [1.82, 2.24) is 5.16 Å². The van der Waals surface area contributed by atoms with Gasteiger partial charge in [0.2, 0.25) is 0 Å². The highest BCUT2D eigenvalue weighted by Crippen LogP contribution is 2.36. The molecule has 1 aromatic heterocycles. The molecular formula is C22H24N2O4S. The number of sulfonamides is 1. The molecule has 0 atom stereocenters. The first-order chi connectivity index (χ1) is 14.0. The van der Waals surface area contributed by atoms with Crippen molar-refractivity contribution in [2.24, 2.45) is 0 Å². The van der Waals surface area contributed by atoms with Crippen LogP contribution in [-0.4, -0.2) is 20.7 Å². The molecule has 1 aliphatic rings. The quantitative estimate of drug-likeness (QED) is 0.605. The summed E-state index contributed by atoms with van der Waals surface area (Å²) in [5.41, 5.74) is 3.64. The van der Waals surface area contributed by atoms with Crippen molar-refractivity contribution in [2.75, 3.05) is 11.8 Å². The fourth-order valence-electron chi connectivity index (χ4n) is 3.75. The summed E-state index contributed by atoms with van der Waals surface area (Å²) in [6.07, 6.45) is 7.22. The van der Waals surface area contributed by atoms with Gasteiger partial charge in [-0.1, -0.05) is 36.4 Å². The lowest BCUT2D eigenvalue weighted by molar-refractivity contribution is 0.402. The highest BCUT2D eigenvalue weighted by Gasteiger charge is 2.24.